The zero-order valence-corrected chi connectivity index (χ0v) is 12.3. The molecule has 1 heterocycles. The number of carbonyl (C=O) groups is 2. The molecule has 0 spiro atoms. The molecule has 0 bridgehead atoms. The summed E-state index contributed by atoms with van der Waals surface area (Å²) >= 11 is 1.55. The first kappa shape index (κ1) is 15.7. The minimum absolute atomic E-state index is 0.0893. The van der Waals surface area contributed by atoms with Crippen LogP contribution in [0, 0.1) is 0 Å². The molecule has 0 aliphatic carbocycles. The highest BCUT2D eigenvalue weighted by Crippen LogP contribution is 2.24. The molecule has 0 aromatic carbocycles. The predicted octanol–water partition coefficient (Wildman–Crippen LogP) is 2.86. The van der Waals surface area contributed by atoms with E-state index in [1.807, 2.05) is 6.07 Å². The molecule has 0 atom stereocenters. The minimum atomic E-state index is -0.830. The first-order valence-electron chi connectivity index (χ1n) is 6.70. The number of hydrogen-bond donors (Lipinski definition) is 2. The van der Waals surface area contributed by atoms with Crippen molar-refractivity contribution in [1.29, 1.82) is 0 Å². The maximum absolute atomic E-state index is 11.9. The van der Waals surface area contributed by atoms with Crippen LogP contribution in [0.5, 0.6) is 0 Å². The molecular weight excluding hydrogens is 262 g/mol. The van der Waals surface area contributed by atoms with Gasteiger partial charge in [-0.1, -0.05) is 20.3 Å². The van der Waals surface area contributed by atoms with Crippen molar-refractivity contribution in [1.82, 2.24) is 5.32 Å². The zero-order valence-electron chi connectivity index (χ0n) is 11.5. The fourth-order valence-corrected chi connectivity index (χ4v) is 3.12. The number of aliphatic carboxylic acids is 1. The molecule has 0 fully saturated rings. The smallest absolute Gasteiger partial charge is 0.303 e. The fraction of sp³-hybridized carbons (Fsp3) is 0.571. The first-order valence-corrected chi connectivity index (χ1v) is 7.51. The molecule has 0 aliphatic rings. The molecule has 0 saturated carbocycles. The highest BCUT2D eigenvalue weighted by molar-refractivity contribution is 7.14. The lowest BCUT2D eigenvalue weighted by atomic mass is 10.1. The summed E-state index contributed by atoms with van der Waals surface area (Å²) in [5.74, 6) is -0.920. The van der Waals surface area contributed by atoms with Crippen LogP contribution in [0.15, 0.2) is 6.07 Å². The largest absolute Gasteiger partial charge is 0.481 e. The molecule has 2 N–H and O–H groups in total. The Morgan fingerprint density at radius 1 is 1.37 bits per heavy atom. The molecule has 4 nitrogen and oxygen atoms in total. The lowest BCUT2D eigenvalue weighted by Crippen LogP contribution is -2.24. The molecule has 5 heteroatoms. The molecule has 0 unspecified atom stereocenters. The van der Waals surface area contributed by atoms with Crippen LogP contribution >= 0.6 is 11.3 Å². The van der Waals surface area contributed by atoms with E-state index in [1.54, 1.807) is 11.3 Å². The Labute approximate surface area is 117 Å². The van der Waals surface area contributed by atoms with E-state index in [0.717, 1.165) is 24.1 Å². The second kappa shape index (κ2) is 7.94. The Bertz CT molecular complexity index is 440. The number of amides is 1. The van der Waals surface area contributed by atoms with Gasteiger partial charge in [0.15, 0.2) is 0 Å². The Morgan fingerprint density at radius 3 is 2.68 bits per heavy atom. The van der Waals surface area contributed by atoms with Crippen molar-refractivity contribution in [2.24, 2.45) is 0 Å². The standard InChI is InChI=1S/C14H21NO3S/c1-3-6-11-10(4-2)9-12(19-11)14(18)15-8-5-7-13(16)17/h9H,3-8H2,1-2H3,(H,15,18)(H,16,17). The van der Waals surface area contributed by atoms with Gasteiger partial charge in [-0.2, -0.15) is 0 Å². The minimum Gasteiger partial charge on any atom is -0.481 e. The Morgan fingerprint density at radius 2 is 2.11 bits per heavy atom. The van der Waals surface area contributed by atoms with Crippen molar-refractivity contribution in [3.63, 3.8) is 0 Å². The molecule has 1 aromatic rings. The molecular formula is C14H21NO3S. The maximum Gasteiger partial charge on any atom is 0.303 e. The van der Waals surface area contributed by atoms with E-state index in [0.29, 0.717) is 13.0 Å². The van der Waals surface area contributed by atoms with Crippen LogP contribution in [-0.2, 0) is 17.6 Å². The average Bonchev–Trinajstić information content (AvgIpc) is 2.78. The van der Waals surface area contributed by atoms with Gasteiger partial charge in [-0.3, -0.25) is 9.59 Å². The Hall–Kier alpha value is -1.36. The van der Waals surface area contributed by atoms with Crippen LogP contribution in [0.4, 0.5) is 0 Å². The lowest BCUT2D eigenvalue weighted by molar-refractivity contribution is -0.137. The summed E-state index contributed by atoms with van der Waals surface area (Å²) < 4.78 is 0. The lowest BCUT2D eigenvalue weighted by Gasteiger charge is -2.01. The van der Waals surface area contributed by atoms with Gasteiger partial charge in [0.05, 0.1) is 4.88 Å². The zero-order chi connectivity index (χ0) is 14.3. The van der Waals surface area contributed by atoms with E-state index in [-0.39, 0.29) is 12.3 Å². The van der Waals surface area contributed by atoms with Gasteiger partial charge in [0.25, 0.3) is 5.91 Å². The van der Waals surface area contributed by atoms with Gasteiger partial charge in [0.1, 0.15) is 0 Å². The molecule has 0 radical (unpaired) electrons. The fourth-order valence-electron chi connectivity index (χ4n) is 1.84. The summed E-state index contributed by atoms with van der Waals surface area (Å²) in [6.07, 6.45) is 3.59. The number of hydrogen-bond acceptors (Lipinski definition) is 3. The molecule has 19 heavy (non-hydrogen) atoms. The number of carboxylic acids is 1. The van der Waals surface area contributed by atoms with Gasteiger partial charge in [0, 0.05) is 17.8 Å². The maximum atomic E-state index is 11.9. The number of carbonyl (C=O) groups excluding carboxylic acids is 1. The van der Waals surface area contributed by atoms with E-state index >= 15 is 0 Å². The van der Waals surface area contributed by atoms with Crippen LogP contribution in [0.25, 0.3) is 0 Å². The van der Waals surface area contributed by atoms with Crippen LogP contribution in [0.1, 0.15) is 53.2 Å². The van der Waals surface area contributed by atoms with Gasteiger partial charge in [-0.25, -0.2) is 0 Å². The molecule has 0 aliphatic heterocycles. The van der Waals surface area contributed by atoms with Crippen LogP contribution < -0.4 is 5.32 Å². The van der Waals surface area contributed by atoms with Gasteiger partial charge >= 0.3 is 5.97 Å². The van der Waals surface area contributed by atoms with E-state index < -0.39 is 5.97 Å². The SMILES string of the molecule is CCCc1sc(C(=O)NCCCC(=O)O)cc1CC. The van der Waals surface area contributed by atoms with E-state index in [2.05, 4.69) is 19.2 Å². The molecule has 1 rings (SSSR count). The number of rotatable bonds is 8. The third kappa shape index (κ3) is 5.03. The summed E-state index contributed by atoms with van der Waals surface area (Å²) in [6, 6.07) is 1.96. The van der Waals surface area contributed by atoms with E-state index in [1.165, 1.54) is 10.4 Å². The number of nitrogens with one attached hydrogen (secondary N) is 1. The van der Waals surface area contributed by atoms with Gasteiger partial charge < -0.3 is 10.4 Å². The summed E-state index contributed by atoms with van der Waals surface area (Å²) in [7, 11) is 0. The third-order valence-corrected chi connectivity index (χ3v) is 4.07. The summed E-state index contributed by atoms with van der Waals surface area (Å²) in [4.78, 5) is 24.3. The second-order valence-electron chi connectivity index (χ2n) is 4.42. The number of carboxylic acid groups (broad SMARTS) is 1. The summed E-state index contributed by atoms with van der Waals surface area (Å²) in [6.45, 7) is 4.63. The Kier molecular flexibility index (Phi) is 6.56. The third-order valence-electron chi connectivity index (χ3n) is 2.83. The molecule has 1 aromatic heterocycles. The molecule has 106 valence electrons. The highest BCUT2D eigenvalue weighted by atomic mass is 32.1. The van der Waals surface area contributed by atoms with Gasteiger partial charge in [-0.15, -0.1) is 11.3 Å². The quantitative estimate of drug-likeness (QED) is 0.721. The van der Waals surface area contributed by atoms with Crippen molar-refractivity contribution in [2.75, 3.05) is 6.54 Å². The van der Waals surface area contributed by atoms with Crippen molar-refractivity contribution in [3.8, 4) is 0 Å². The highest BCUT2D eigenvalue weighted by Gasteiger charge is 2.13. The van der Waals surface area contributed by atoms with Gasteiger partial charge in [-0.05, 0) is 30.9 Å². The van der Waals surface area contributed by atoms with Gasteiger partial charge in [0.2, 0.25) is 0 Å². The van der Waals surface area contributed by atoms with E-state index in [9.17, 15) is 9.59 Å². The van der Waals surface area contributed by atoms with Crippen LogP contribution in [0.3, 0.4) is 0 Å². The number of aryl methyl sites for hydroxylation is 2. The van der Waals surface area contributed by atoms with Crippen molar-refractivity contribution < 1.29 is 14.7 Å². The normalized spacial score (nSPS) is 10.4. The van der Waals surface area contributed by atoms with Crippen LogP contribution in [0.2, 0.25) is 0 Å². The second-order valence-corrected chi connectivity index (χ2v) is 5.55. The first-order chi connectivity index (χ1) is 9.08. The average molecular weight is 283 g/mol. The summed E-state index contributed by atoms with van der Waals surface area (Å²) in [5.41, 5.74) is 1.25. The predicted molar refractivity (Wildman–Crippen MR) is 76.9 cm³/mol. The molecule has 1 amide bonds. The molecule has 0 saturated heterocycles. The van der Waals surface area contributed by atoms with Crippen molar-refractivity contribution >= 4 is 23.2 Å². The van der Waals surface area contributed by atoms with E-state index in [4.69, 9.17) is 5.11 Å². The van der Waals surface area contributed by atoms with Crippen LogP contribution in [-0.4, -0.2) is 23.5 Å². The van der Waals surface area contributed by atoms with Crippen molar-refractivity contribution in [2.45, 2.75) is 46.0 Å². The topological polar surface area (TPSA) is 66.4 Å². The number of thiophene rings is 1. The monoisotopic (exact) mass is 283 g/mol. The summed E-state index contributed by atoms with van der Waals surface area (Å²) in [5, 5.41) is 11.3. The Balaban J connectivity index is 2.54. The van der Waals surface area contributed by atoms with Crippen molar-refractivity contribution in [3.05, 3.63) is 21.4 Å².